The Morgan fingerprint density at radius 2 is 1.85 bits per heavy atom. The van der Waals surface area contributed by atoms with Crippen molar-refractivity contribution in [2.45, 2.75) is 73.3 Å². The van der Waals surface area contributed by atoms with Crippen LogP contribution in [0.25, 0.3) is 0 Å². The van der Waals surface area contributed by atoms with Crippen LogP contribution in [0.2, 0.25) is 0 Å². The lowest BCUT2D eigenvalue weighted by molar-refractivity contribution is 0.131. The zero-order valence-corrected chi connectivity index (χ0v) is 17.4. The zero-order valence-electron chi connectivity index (χ0n) is 17.4. The van der Waals surface area contributed by atoms with Crippen molar-refractivity contribution in [3.05, 3.63) is 47.6 Å². The van der Waals surface area contributed by atoms with Crippen molar-refractivity contribution in [3.63, 3.8) is 0 Å². The van der Waals surface area contributed by atoms with Gasteiger partial charge >= 0.3 is 0 Å². The molecule has 0 aromatic heterocycles. The van der Waals surface area contributed by atoms with Gasteiger partial charge < -0.3 is 4.74 Å². The van der Waals surface area contributed by atoms with Crippen molar-refractivity contribution in [1.82, 2.24) is 0 Å². The van der Waals surface area contributed by atoms with E-state index in [1.807, 2.05) is 52.0 Å². The molecule has 0 fully saturated rings. The molecule has 1 aromatic carbocycles. The molecule has 0 heterocycles. The van der Waals surface area contributed by atoms with Crippen LogP contribution >= 0.6 is 0 Å². The first-order valence-corrected chi connectivity index (χ1v) is 9.54. The highest BCUT2D eigenvalue weighted by Gasteiger charge is 2.26. The maximum absolute atomic E-state index is 5.84. The lowest BCUT2D eigenvalue weighted by atomic mass is 9.72. The first kappa shape index (κ1) is 20.3. The quantitative estimate of drug-likeness (QED) is 0.469. The van der Waals surface area contributed by atoms with Crippen LogP contribution in [-0.4, -0.2) is 11.3 Å². The Labute approximate surface area is 159 Å². The molecule has 1 aromatic rings. The van der Waals surface area contributed by atoms with E-state index in [1.165, 1.54) is 30.4 Å². The van der Waals surface area contributed by atoms with E-state index in [4.69, 9.17) is 4.74 Å². The van der Waals surface area contributed by atoms with Crippen LogP contribution in [0.1, 0.15) is 67.7 Å². The molecule has 0 radical (unpaired) electrons. The van der Waals surface area contributed by atoms with E-state index in [1.54, 1.807) is 0 Å². The number of nitrogens with zero attached hydrogens (tertiary/aromatic N) is 1. The van der Waals surface area contributed by atoms with Gasteiger partial charge in [-0.1, -0.05) is 25.5 Å². The molecular weight excluding hydrogens is 320 g/mol. The lowest BCUT2D eigenvalue weighted by Gasteiger charge is -2.32. The average Bonchev–Trinajstić information content (AvgIpc) is 2.51. The van der Waals surface area contributed by atoms with Crippen molar-refractivity contribution in [1.29, 1.82) is 0 Å². The van der Waals surface area contributed by atoms with Gasteiger partial charge in [-0.25, -0.2) is 0 Å². The van der Waals surface area contributed by atoms with Crippen molar-refractivity contribution < 1.29 is 4.74 Å². The molecule has 0 saturated carbocycles. The molecule has 1 N–H and O–H groups in total. The number of rotatable bonds is 5. The Morgan fingerprint density at radius 1 is 1.19 bits per heavy atom. The number of ether oxygens (including phenoxy) is 1. The highest BCUT2D eigenvalue weighted by atomic mass is 16.5. The van der Waals surface area contributed by atoms with Gasteiger partial charge in [0.25, 0.3) is 0 Å². The number of hydrogen-bond acceptors (Lipinski definition) is 3. The second-order valence-electron chi connectivity index (χ2n) is 8.87. The molecule has 0 saturated heterocycles. The van der Waals surface area contributed by atoms with Crippen molar-refractivity contribution >= 4 is 11.4 Å². The summed E-state index contributed by atoms with van der Waals surface area (Å²) in [5.41, 5.74) is 8.07. The zero-order chi connectivity index (χ0) is 19.4. The third-order valence-corrected chi connectivity index (χ3v) is 4.67. The van der Waals surface area contributed by atoms with Crippen molar-refractivity contribution in [2.24, 2.45) is 10.5 Å². The number of benzene rings is 1. The molecule has 142 valence electrons. The van der Waals surface area contributed by atoms with Crippen LogP contribution in [0.15, 0.2) is 52.7 Å². The van der Waals surface area contributed by atoms with E-state index in [0.717, 1.165) is 17.1 Å². The largest absolute Gasteiger partial charge is 0.488 e. The van der Waals surface area contributed by atoms with Gasteiger partial charge in [0.05, 0.1) is 11.4 Å². The summed E-state index contributed by atoms with van der Waals surface area (Å²) in [4.78, 5) is 0. The minimum atomic E-state index is -0.186. The smallest absolute Gasteiger partial charge is 0.120 e. The fourth-order valence-corrected chi connectivity index (χ4v) is 3.36. The molecule has 0 bridgehead atoms. The Morgan fingerprint density at radius 3 is 2.42 bits per heavy atom. The Hall–Kier alpha value is -2.03. The van der Waals surface area contributed by atoms with Gasteiger partial charge in [-0.3, -0.25) is 5.43 Å². The number of allylic oxidation sites excluding steroid dienone is 4. The molecular formula is C23H34N2O. The SMILES string of the molecule is CC1=C(/C=C/C(C)=N/Nc2ccc(OC(C)(C)C)cc2)C(C)(C)CCC1. The molecule has 1 aliphatic carbocycles. The predicted octanol–water partition coefficient (Wildman–Crippen LogP) is 6.73. The van der Waals surface area contributed by atoms with Crippen LogP contribution < -0.4 is 10.2 Å². The van der Waals surface area contributed by atoms with E-state index >= 15 is 0 Å². The van der Waals surface area contributed by atoms with Crippen molar-refractivity contribution in [3.8, 4) is 5.75 Å². The van der Waals surface area contributed by atoms with E-state index in [2.05, 4.69) is 43.5 Å². The monoisotopic (exact) mass is 354 g/mol. The lowest BCUT2D eigenvalue weighted by Crippen LogP contribution is -2.22. The van der Waals surface area contributed by atoms with Crippen molar-refractivity contribution in [2.75, 3.05) is 5.43 Å². The van der Waals surface area contributed by atoms with Crippen LogP contribution in [0.4, 0.5) is 5.69 Å². The van der Waals surface area contributed by atoms with Crippen LogP contribution in [-0.2, 0) is 0 Å². The summed E-state index contributed by atoms with van der Waals surface area (Å²) in [6, 6.07) is 7.90. The van der Waals surface area contributed by atoms with Gasteiger partial charge in [0.15, 0.2) is 0 Å². The highest BCUT2D eigenvalue weighted by Crippen LogP contribution is 2.40. The summed E-state index contributed by atoms with van der Waals surface area (Å²) in [5, 5.41) is 4.47. The van der Waals surface area contributed by atoms with E-state index < -0.39 is 0 Å². The second kappa shape index (κ2) is 8.11. The number of hydrogen-bond donors (Lipinski definition) is 1. The molecule has 3 nitrogen and oxygen atoms in total. The Bertz CT molecular complexity index is 701. The minimum Gasteiger partial charge on any atom is -0.488 e. The summed E-state index contributed by atoms with van der Waals surface area (Å²) in [7, 11) is 0. The summed E-state index contributed by atoms with van der Waals surface area (Å²) in [6.07, 6.45) is 8.10. The topological polar surface area (TPSA) is 33.6 Å². The minimum absolute atomic E-state index is 0.186. The fourth-order valence-electron chi connectivity index (χ4n) is 3.36. The van der Waals surface area contributed by atoms with Gasteiger partial charge in [-0.05, 0) is 95.2 Å². The van der Waals surface area contributed by atoms with Gasteiger partial charge in [-0.2, -0.15) is 5.10 Å². The third-order valence-electron chi connectivity index (χ3n) is 4.67. The molecule has 26 heavy (non-hydrogen) atoms. The average molecular weight is 355 g/mol. The molecule has 0 atom stereocenters. The fraction of sp³-hybridized carbons (Fsp3) is 0.522. The summed E-state index contributed by atoms with van der Waals surface area (Å²) < 4.78 is 5.84. The molecule has 0 unspecified atom stereocenters. The number of nitrogens with one attached hydrogen (secondary N) is 1. The number of hydrazone groups is 1. The van der Waals surface area contributed by atoms with Gasteiger partial charge in [0.2, 0.25) is 0 Å². The van der Waals surface area contributed by atoms with Crippen LogP contribution in [0.3, 0.4) is 0 Å². The highest BCUT2D eigenvalue weighted by molar-refractivity contribution is 5.93. The van der Waals surface area contributed by atoms with Gasteiger partial charge in [-0.15, -0.1) is 0 Å². The number of anilines is 1. The second-order valence-corrected chi connectivity index (χ2v) is 8.87. The standard InChI is InChI=1S/C23H34N2O/c1-17-9-8-16-23(6,7)21(17)15-10-18(2)24-25-19-11-13-20(14-12-19)26-22(3,4)5/h10-15,25H,8-9,16H2,1-7H3/b15-10+,24-18+. The van der Waals surface area contributed by atoms with Crippen LogP contribution in [0.5, 0.6) is 5.75 Å². The molecule has 0 amide bonds. The van der Waals surface area contributed by atoms with Crippen LogP contribution in [0, 0.1) is 5.41 Å². The normalized spacial score (nSPS) is 18.3. The maximum atomic E-state index is 5.84. The van der Waals surface area contributed by atoms with E-state index in [9.17, 15) is 0 Å². The Kier molecular flexibility index (Phi) is 6.33. The first-order valence-electron chi connectivity index (χ1n) is 9.54. The molecule has 0 aliphatic heterocycles. The summed E-state index contributed by atoms with van der Waals surface area (Å²) in [5.74, 6) is 0.866. The molecule has 0 spiro atoms. The molecule has 2 rings (SSSR count). The van der Waals surface area contributed by atoms with Gasteiger partial charge in [0, 0.05) is 0 Å². The predicted molar refractivity (Wildman–Crippen MR) is 113 cm³/mol. The first-order chi connectivity index (χ1) is 12.1. The molecule has 3 heteroatoms. The summed E-state index contributed by atoms with van der Waals surface area (Å²) >= 11 is 0. The van der Waals surface area contributed by atoms with Gasteiger partial charge in [0.1, 0.15) is 11.4 Å². The van der Waals surface area contributed by atoms with E-state index in [-0.39, 0.29) is 11.0 Å². The summed E-state index contributed by atoms with van der Waals surface area (Å²) in [6.45, 7) is 15.1. The van der Waals surface area contributed by atoms with E-state index in [0.29, 0.717) is 0 Å². The maximum Gasteiger partial charge on any atom is 0.120 e. The molecule has 1 aliphatic rings. The third kappa shape index (κ3) is 6.05. The Balaban J connectivity index is 2.00.